The van der Waals surface area contributed by atoms with Gasteiger partial charge in [0.15, 0.2) is 0 Å². The average Bonchev–Trinajstić information content (AvgIpc) is 3.47. The first-order valence-corrected chi connectivity index (χ1v) is 10.9. The van der Waals surface area contributed by atoms with Crippen molar-refractivity contribution >= 4 is 11.1 Å². The van der Waals surface area contributed by atoms with E-state index in [9.17, 15) is 4.39 Å². The lowest BCUT2D eigenvalue weighted by Crippen LogP contribution is -2.54. The molecule has 0 bridgehead atoms. The Morgan fingerprint density at radius 3 is 2.50 bits per heavy atom. The van der Waals surface area contributed by atoms with Gasteiger partial charge in [0.1, 0.15) is 29.2 Å². The number of rotatable bonds is 6. The standard InChI is InChI=1S/C26H21FN4O3/c1-32-26(14-33-15-26)13-31-12-21(23(30-31)18-7-9-19(27)10-8-18)24-20-11-22(17-5-3-2-4-6-17)34-25(20)29-16-28-24/h2-12,16H,13-15H2,1H3. The van der Waals surface area contributed by atoms with Crippen LogP contribution >= 0.6 is 0 Å². The van der Waals surface area contributed by atoms with Crippen LogP contribution in [-0.4, -0.2) is 45.7 Å². The molecule has 1 aliphatic heterocycles. The van der Waals surface area contributed by atoms with Crippen LogP contribution < -0.4 is 0 Å². The van der Waals surface area contributed by atoms with Crippen molar-refractivity contribution in [2.75, 3.05) is 20.3 Å². The van der Waals surface area contributed by atoms with Crippen LogP contribution in [-0.2, 0) is 16.0 Å². The Labute approximate surface area is 194 Å². The lowest BCUT2D eigenvalue weighted by atomic mass is 10.0. The third-order valence-corrected chi connectivity index (χ3v) is 6.14. The Hall–Kier alpha value is -3.88. The van der Waals surface area contributed by atoms with Crippen LogP contribution in [0.1, 0.15) is 0 Å². The van der Waals surface area contributed by atoms with Gasteiger partial charge < -0.3 is 13.9 Å². The molecule has 170 valence electrons. The highest BCUT2D eigenvalue weighted by molar-refractivity contribution is 5.95. The summed E-state index contributed by atoms with van der Waals surface area (Å²) in [4.78, 5) is 8.94. The molecule has 5 aromatic rings. The van der Waals surface area contributed by atoms with Crippen molar-refractivity contribution in [1.82, 2.24) is 19.7 Å². The van der Waals surface area contributed by atoms with Crippen molar-refractivity contribution in [3.05, 3.63) is 79.0 Å². The average molecular weight is 456 g/mol. The number of ether oxygens (including phenoxy) is 2. The van der Waals surface area contributed by atoms with E-state index in [2.05, 4.69) is 9.97 Å². The number of hydrogen-bond donors (Lipinski definition) is 0. The molecule has 7 nitrogen and oxygen atoms in total. The minimum Gasteiger partial charge on any atom is -0.438 e. The zero-order chi connectivity index (χ0) is 23.1. The summed E-state index contributed by atoms with van der Waals surface area (Å²) < 4.78 is 32.6. The normalized spacial score (nSPS) is 14.9. The molecule has 4 heterocycles. The Morgan fingerprint density at radius 2 is 1.79 bits per heavy atom. The molecule has 6 rings (SSSR count). The minimum absolute atomic E-state index is 0.304. The number of furan rings is 1. The fourth-order valence-electron chi connectivity index (χ4n) is 4.21. The minimum atomic E-state index is -0.416. The molecule has 1 aliphatic rings. The molecule has 0 spiro atoms. The maximum Gasteiger partial charge on any atom is 0.230 e. The molecule has 2 aromatic carbocycles. The number of nitrogens with zero attached hydrogens (tertiary/aromatic N) is 4. The highest BCUT2D eigenvalue weighted by Crippen LogP contribution is 2.37. The Kier molecular flexibility index (Phi) is 4.97. The fourth-order valence-corrected chi connectivity index (χ4v) is 4.21. The molecule has 0 radical (unpaired) electrons. The second kappa shape index (κ2) is 8.16. The maximum atomic E-state index is 13.6. The summed E-state index contributed by atoms with van der Waals surface area (Å²) in [5.74, 6) is 0.402. The van der Waals surface area contributed by atoms with Gasteiger partial charge in [0.2, 0.25) is 5.71 Å². The molecule has 0 N–H and O–H groups in total. The third-order valence-electron chi connectivity index (χ3n) is 6.14. The number of methoxy groups -OCH3 is 1. The summed E-state index contributed by atoms with van der Waals surface area (Å²) in [5.41, 5.74) is 3.98. The van der Waals surface area contributed by atoms with Crippen LogP contribution in [0.3, 0.4) is 0 Å². The molecule has 34 heavy (non-hydrogen) atoms. The van der Waals surface area contributed by atoms with Gasteiger partial charge in [0.25, 0.3) is 0 Å². The predicted octanol–water partition coefficient (Wildman–Crippen LogP) is 4.97. The first kappa shape index (κ1) is 20.7. The van der Waals surface area contributed by atoms with Gasteiger partial charge in [-0.25, -0.2) is 14.4 Å². The zero-order valence-electron chi connectivity index (χ0n) is 18.4. The Morgan fingerprint density at radius 1 is 1.00 bits per heavy atom. The van der Waals surface area contributed by atoms with Crippen LogP contribution in [0, 0.1) is 5.82 Å². The lowest BCUT2D eigenvalue weighted by Gasteiger charge is -2.39. The molecule has 3 aromatic heterocycles. The van der Waals surface area contributed by atoms with Crippen molar-refractivity contribution in [2.24, 2.45) is 0 Å². The van der Waals surface area contributed by atoms with Gasteiger partial charge in [-0.1, -0.05) is 30.3 Å². The highest BCUT2D eigenvalue weighted by Gasteiger charge is 2.39. The summed E-state index contributed by atoms with van der Waals surface area (Å²) >= 11 is 0. The Balaban J connectivity index is 1.50. The van der Waals surface area contributed by atoms with Gasteiger partial charge in [0, 0.05) is 30.0 Å². The van der Waals surface area contributed by atoms with Crippen molar-refractivity contribution in [2.45, 2.75) is 12.1 Å². The van der Waals surface area contributed by atoms with E-state index in [1.165, 1.54) is 18.5 Å². The number of aromatic nitrogens is 4. The van der Waals surface area contributed by atoms with Gasteiger partial charge in [-0.15, -0.1) is 0 Å². The van der Waals surface area contributed by atoms with Gasteiger partial charge in [-0.2, -0.15) is 5.10 Å². The first-order valence-electron chi connectivity index (χ1n) is 10.9. The molecule has 0 unspecified atom stereocenters. The van der Waals surface area contributed by atoms with Crippen LogP contribution in [0.25, 0.3) is 44.9 Å². The molecule has 1 saturated heterocycles. The molecule has 8 heteroatoms. The smallest absolute Gasteiger partial charge is 0.230 e. The van der Waals surface area contributed by atoms with Crippen molar-refractivity contribution in [1.29, 1.82) is 0 Å². The lowest BCUT2D eigenvalue weighted by molar-refractivity contribution is -0.203. The van der Waals surface area contributed by atoms with Crippen LogP contribution in [0.15, 0.2) is 77.6 Å². The third kappa shape index (κ3) is 3.57. The quantitative estimate of drug-likeness (QED) is 0.359. The summed E-state index contributed by atoms with van der Waals surface area (Å²) in [7, 11) is 1.68. The highest BCUT2D eigenvalue weighted by atomic mass is 19.1. The number of halogens is 1. The van der Waals surface area contributed by atoms with Crippen LogP contribution in [0.4, 0.5) is 4.39 Å². The molecule has 1 fully saturated rings. The van der Waals surface area contributed by atoms with E-state index in [0.717, 1.165) is 22.1 Å². The fraction of sp³-hybridized carbons (Fsp3) is 0.192. The molecular formula is C26H21FN4O3. The SMILES string of the molecule is COC1(Cn2cc(-c3ncnc4oc(-c5ccccc5)cc34)c(-c3ccc(F)cc3)n2)COC1. The molecule has 0 atom stereocenters. The molecule has 0 saturated carbocycles. The molecule has 0 amide bonds. The van der Waals surface area contributed by atoms with Gasteiger partial charge in [-0.3, -0.25) is 4.68 Å². The zero-order valence-corrected chi connectivity index (χ0v) is 18.4. The molecule has 0 aliphatic carbocycles. The summed E-state index contributed by atoms with van der Waals surface area (Å²) in [6, 6.07) is 18.1. The Bertz CT molecular complexity index is 1450. The van der Waals surface area contributed by atoms with Gasteiger partial charge in [-0.05, 0) is 30.3 Å². The maximum absolute atomic E-state index is 13.6. The summed E-state index contributed by atoms with van der Waals surface area (Å²) in [6.45, 7) is 1.53. The monoisotopic (exact) mass is 456 g/mol. The molecular weight excluding hydrogens is 435 g/mol. The van der Waals surface area contributed by atoms with E-state index in [4.69, 9.17) is 19.0 Å². The van der Waals surface area contributed by atoms with E-state index < -0.39 is 5.60 Å². The second-order valence-corrected chi connectivity index (χ2v) is 8.39. The van der Waals surface area contributed by atoms with Gasteiger partial charge in [0.05, 0.1) is 30.8 Å². The van der Waals surface area contributed by atoms with Crippen LogP contribution in [0.2, 0.25) is 0 Å². The van der Waals surface area contributed by atoms with Crippen molar-refractivity contribution < 1.29 is 18.3 Å². The predicted molar refractivity (Wildman–Crippen MR) is 124 cm³/mol. The topological polar surface area (TPSA) is 75.2 Å². The number of fused-ring (bicyclic) bond motifs is 1. The second-order valence-electron chi connectivity index (χ2n) is 8.39. The van der Waals surface area contributed by atoms with Crippen LogP contribution in [0.5, 0.6) is 0 Å². The summed E-state index contributed by atoms with van der Waals surface area (Å²) in [5, 5.41) is 5.62. The first-order chi connectivity index (χ1) is 16.6. The van der Waals surface area contributed by atoms with E-state index in [1.54, 1.807) is 19.2 Å². The van der Waals surface area contributed by atoms with Crippen molar-refractivity contribution in [3.8, 4) is 33.8 Å². The van der Waals surface area contributed by atoms with Crippen molar-refractivity contribution in [3.63, 3.8) is 0 Å². The van der Waals surface area contributed by atoms with E-state index in [1.807, 2.05) is 47.3 Å². The van der Waals surface area contributed by atoms with Gasteiger partial charge >= 0.3 is 0 Å². The number of benzene rings is 2. The van der Waals surface area contributed by atoms with E-state index >= 15 is 0 Å². The largest absolute Gasteiger partial charge is 0.438 e. The summed E-state index contributed by atoms with van der Waals surface area (Å²) in [6.07, 6.45) is 3.42. The van der Waals surface area contributed by atoms with E-state index in [0.29, 0.717) is 42.6 Å². The number of hydrogen-bond acceptors (Lipinski definition) is 6. The van der Waals surface area contributed by atoms with E-state index in [-0.39, 0.29) is 5.82 Å².